The first-order chi connectivity index (χ1) is 14.0. The lowest BCUT2D eigenvalue weighted by Crippen LogP contribution is -2.39. The topological polar surface area (TPSA) is 67.7 Å². The minimum atomic E-state index is -0.239. The van der Waals surface area contributed by atoms with E-state index in [1.54, 1.807) is 31.6 Å². The number of aromatic nitrogens is 2. The fraction of sp³-hybridized carbons (Fsp3) is 0.500. The highest BCUT2D eigenvalue weighted by atomic mass is 16.5. The molecule has 1 spiro atoms. The van der Waals surface area contributed by atoms with E-state index >= 15 is 0 Å². The largest absolute Gasteiger partial charge is 0.375 e. The van der Waals surface area contributed by atoms with Gasteiger partial charge in [-0.1, -0.05) is 6.07 Å². The number of carbonyl (C=O) groups is 1. The molecule has 0 radical (unpaired) electrons. The summed E-state index contributed by atoms with van der Waals surface area (Å²) in [6, 6.07) is 9.20. The number of nitrogens with zero attached hydrogens (tertiary/aromatic N) is 4. The molecule has 2 aliphatic heterocycles. The van der Waals surface area contributed by atoms with Gasteiger partial charge < -0.3 is 19.1 Å². The minimum absolute atomic E-state index is 0.0224. The van der Waals surface area contributed by atoms with Crippen molar-refractivity contribution in [3.8, 4) is 0 Å². The molecule has 0 aromatic carbocycles. The van der Waals surface area contributed by atoms with Gasteiger partial charge in [0.1, 0.15) is 5.56 Å². The summed E-state index contributed by atoms with van der Waals surface area (Å²) in [5, 5.41) is 0. The van der Waals surface area contributed by atoms with Gasteiger partial charge in [-0.25, -0.2) is 0 Å². The fourth-order valence-corrected chi connectivity index (χ4v) is 4.78. The molecule has 2 aromatic heterocycles. The Bertz CT molecular complexity index is 929. The molecule has 4 heterocycles. The Hall–Kier alpha value is -2.51. The zero-order chi connectivity index (χ0) is 20.4. The van der Waals surface area contributed by atoms with Crippen LogP contribution < -0.4 is 5.56 Å². The molecule has 4 rings (SSSR count). The quantitative estimate of drug-likeness (QED) is 0.764. The Balaban J connectivity index is 1.43. The van der Waals surface area contributed by atoms with Crippen LogP contribution in [-0.4, -0.2) is 65.1 Å². The molecule has 0 N–H and O–H groups in total. The number of hydrogen-bond donors (Lipinski definition) is 0. The van der Waals surface area contributed by atoms with E-state index in [0.717, 1.165) is 25.2 Å². The van der Waals surface area contributed by atoms with Gasteiger partial charge >= 0.3 is 0 Å². The van der Waals surface area contributed by atoms with Crippen LogP contribution >= 0.6 is 0 Å². The number of amides is 1. The number of likely N-dealkylation sites (tertiary alicyclic amines) is 2. The van der Waals surface area contributed by atoms with Crippen molar-refractivity contribution in [2.24, 2.45) is 18.4 Å². The van der Waals surface area contributed by atoms with Gasteiger partial charge in [0.25, 0.3) is 11.5 Å². The van der Waals surface area contributed by atoms with E-state index in [4.69, 9.17) is 4.74 Å². The zero-order valence-corrected chi connectivity index (χ0v) is 17.1. The number of aryl methyl sites for hydroxylation is 1. The van der Waals surface area contributed by atoms with Crippen molar-refractivity contribution < 1.29 is 9.53 Å². The highest BCUT2D eigenvalue weighted by molar-refractivity contribution is 5.94. The number of ether oxygens (including phenoxy) is 1. The second-order valence-corrected chi connectivity index (χ2v) is 8.41. The summed E-state index contributed by atoms with van der Waals surface area (Å²) in [5.74, 6) is 0.193. The maximum atomic E-state index is 13.0. The van der Waals surface area contributed by atoms with Crippen LogP contribution in [0.5, 0.6) is 0 Å². The van der Waals surface area contributed by atoms with Crippen LogP contribution in [0.1, 0.15) is 22.5 Å². The Morgan fingerprint density at radius 1 is 1.24 bits per heavy atom. The van der Waals surface area contributed by atoms with Crippen LogP contribution in [-0.2, 0) is 18.4 Å². The fourth-order valence-electron chi connectivity index (χ4n) is 4.78. The number of hydrogen-bond acceptors (Lipinski definition) is 5. The minimum Gasteiger partial charge on any atom is -0.375 e. The third kappa shape index (κ3) is 3.97. The van der Waals surface area contributed by atoms with Crippen LogP contribution in [0.4, 0.5) is 0 Å². The molecule has 7 nitrogen and oxygen atoms in total. The van der Waals surface area contributed by atoms with Gasteiger partial charge in [0, 0.05) is 57.0 Å². The number of carbonyl (C=O) groups excluding carboxylic acids is 1. The van der Waals surface area contributed by atoms with E-state index in [-0.39, 0.29) is 22.4 Å². The van der Waals surface area contributed by atoms with Gasteiger partial charge in [-0.2, -0.15) is 0 Å². The highest BCUT2D eigenvalue weighted by Crippen LogP contribution is 2.43. The Morgan fingerprint density at radius 2 is 2.10 bits per heavy atom. The van der Waals surface area contributed by atoms with Crippen molar-refractivity contribution in [1.29, 1.82) is 0 Å². The van der Waals surface area contributed by atoms with E-state index in [2.05, 4.69) is 16.9 Å². The van der Waals surface area contributed by atoms with Crippen LogP contribution in [0.25, 0.3) is 0 Å². The number of pyridine rings is 2. The molecule has 0 saturated carbocycles. The van der Waals surface area contributed by atoms with Crippen molar-refractivity contribution in [3.63, 3.8) is 0 Å². The third-order valence-electron chi connectivity index (χ3n) is 6.30. The van der Waals surface area contributed by atoms with Crippen LogP contribution in [0, 0.1) is 11.3 Å². The van der Waals surface area contributed by atoms with E-state index in [9.17, 15) is 9.59 Å². The van der Waals surface area contributed by atoms with Gasteiger partial charge in [-0.15, -0.1) is 0 Å². The van der Waals surface area contributed by atoms with Gasteiger partial charge in [-0.05, 0) is 37.7 Å². The average Bonchev–Trinajstić information content (AvgIpc) is 3.27. The molecule has 2 fully saturated rings. The molecule has 29 heavy (non-hydrogen) atoms. The van der Waals surface area contributed by atoms with Crippen molar-refractivity contribution in [3.05, 3.63) is 64.3 Å². The molecule has 0 aliphatic carbocycles. The Labute approximate surface area is 170 Å². The number of rotatable bonds is 5. The average molecular weight is 396 g/mol. The maximum Gasteiger partial charge on any atom is 0.263 e. The first-order valence-electron chi connectivity index (χ1n) is 10.1. The highest BCUT2D eigenvalue weighted by Gasteiger charge is 2.50. The third-order valence-corrected chi connectivity index (χ3v) is 6.30. The zero-order valence-electron chi connectivity index (χ0n) is 17.1. The van der Waals surface area contributed by atoms with E-state index in [0.29, 0.717) is 32.2 Å². The standard InChI is InChI=1S/C22H28N4O3/c1-24-12-17(13-29-14-18-6-3-4-9-23-18)22(15-24)8-11-26(16-22)21(28)19-7-5-10-25(2)20(19)27/h3-7,9-10,17H,8,11-16H2,1-2H3/t17-,22+/m0/s1. The van der Waals surface area contributed by atoms with Gasteiger partial charge in [0.2, 0.25) is 0 Å². The van der Waals surface area contributed by atoms with Crippen molar-refractivity contribution in [2.45, 2.75) is 13.0 Å². The summed E-state index contributed by atoms with van der Waals surface area (Å²) in [6.45, 7) is 4.40. The van der Waals surface area contributed by atoms with Gasteiger partial charge in [0.05, 0.1) is 18.9 Å². The van der Waals surface area contributed by atoms with Gasteiger partial charge in [-0.3, -0.25) is 14.6 Å². The van der Waals surface area contributed by atoms with E-state index in [1.807, 2.05) is 23.1 Å². The lowest BCUT2D eigenvalue weighted by atomic mass is 9.77. The molecule has 0 unspecified atom stereocenters. The molecular formula is C22H28N4O3. The van der Waals surface area contributed by atoms with Crippen molar-refractivity contribution in [1.82, 2.24) is 19.4 Å². The SMILES string of the molecule is CN1C[C@@H](COCc2ccccn2)[C@]2(CCN(C(=O)c3cccn(C)c3=O)C2)C1. The Kier molecular flexibility index (Phi) is 5.52. The lowest BCUT2D eigenvalue weighted by Gasteiger charge is -2.30. The summed E-state index contributed by atoms with van der Waals surface area (Å²) in [6.07, 6.45) is 4.39. The molecule has 1 amide bonds. The second kappa shape index (κ2) is 8.08. The first-order valence-corrected chi connectivity index (χ1v) is 10.1. The summed E-state index contributed by atoms with van der Waals surface area (Å²) >= 11 is 0. The molecule has 2 saturated heterocycles. The first kappa shape index (κ1) is 19.8. The summed E-state index contributed by atoms with van der Waals surface area (Å²) in [4.78, 5) is 33.8. The van der Waals surface area contributed by atoms with Crippen molar-refractivity contribution in [2.75, 3.05) is 39.8 Å². The monoisotopic (exact) mass is 396 g/mol. The summed E-state index contributed by atoms with van der Waals surface area (Å²) in [5.41, 5.74) is 0.962. The van der Waals surface area contributed by atoms with E-state index < -0.39 is 0 Å². The Morgan fingerprint density at radius 3 is 2.90 bits per heavy atom. The van der Waals surface area contributed by atoms with Crippen LogP contribution in [0.2, 0.25) is 0 Å². The maximum absolute atomic E-state index is 13.0. The second-order valence-electron chi connectivity index (χ2n) is 8.41. The van der Waals surface area contributed by atoms with Crippen LogP contribution in [0.15, 0.2) is 47.5 Å². The molecule has 7 heteroatoms. The predicted molar refractivity (Wildman–Crippen MR) is 110 cm³/mol. The normalized spacial score (nSPS) is 24.5. The smallest absolute Gasteiger partial charge is 0.263 e. The molecule has 154 valence electrons. The molecular weight excluding hydrogens is 368 g/mol. The molecule has 2 atom stereocenters. The lowest BCUT2D eigenvalue weighted by molar-refractivity contribution is 0.0483. The summed E-state index contributed by atoms with van der Waals surface area (Å²) in [7, 11) is 3.80. The molecule has 2 aliphatic rings. The predicted octanol–water partition coefficient (Wildman–Crippen LogP) is 1.39. The van der Waals surface area contributed by atoms with E-state index in [1.165, 1.54) is 4.57 Å². The van der Waals surface area contributed by atoms with Gasteiger partial charge in [0.15, 0.2) is 0 Å². The molecule has 0 bridgehead atoms. The molecule has 2 aromatic rings. The van der Waals surface area contributed by atoms with Crippen LogP contribution in [0.3, 0.4) is 0 Å². The van der Waals surface area contributed by atoms with Crippen molar-refractivity contribution >= 4 is 5.91 Å². The summed E-state index contributed by atoms with van der Waals surface area (Å²) < 4.78 is 7.46.